The van der Waals surface area contributed by atoms with Gasteiger partial charge in [0, 0.05) is 28.7 Å². The van der Waals surface area contributed by atoms with E-state index in [1.54, 1.807) is 0 Å². The minimum Gasteiger partial charge on any atom is -0.310 e. The molecule has 0 bridgehead atoms. The van der Waals surface area contributed by atoms with Gasteiger partial charge in [-0.1, -0.05) is 29.3 Å². The molecule has 0 unspecified atom stereocenters. The van der Waals surface area contributed by atoms with Crippen LogP contribution >= 0.6 is 23.2 Å². The van der Waals surface area contributed by atoms with Gasteiger partial charge in [0.1, 0.15) is 0 Å². The van der Waals surface area contributed by atoms with Gasteiger partial charge in [0.05, 0.1) is 0 Å². The van der Waals surface area contributed by atoms with Gasteiger partial charge in [-0.15, -0.1) is 0 Å². The number of hydrogen-bond acceptors (Lipinski definition) is 2. The SMILES string of the molecule is CC(C)N1CCC(NCc2ccc(Cl)cc2Cl)CC1. The minimum absolute atomic E-state index is 0.599. The summed E-state index contributed by atoms with van der Waals surface area (Å²) >= 11 is 12.1. The monoisotopic (exact) mass is 300 g/mol. The summed E-state index contributed by atoms with van der Waals surface area (Å²) in [4.78, 5) is 2.54. The predicted molar refractivity (Wildman–Crippen MR) is 83.0 cm³/mol. The van der Waals surface area contributed by atoms with Gasteiger partial charge in [0.25, 0.3) is 0 Å². The van der Waals surface area contributed by atoms with E-state index in [2.05, 4.69) is 24.1 Å². The van der Waals surface area contributed by atoms with Gasteiger partial charge >= 0.3 is 0 Å². The van der Waals surface area contributed by atoms with Crippen molar-refractivity contribution in [3.8, 4) is 0 Å². The maximum absolute atomic E-state index is 6.18. The lowest BCUT2D eigenvalue weighted by molar-refractivity contribution is 0.161. The van der Waals surface area contributed by atoms with E-state index >= 15 is 0 Å². The number of rotatable bonds is 4. The molecule has 1 aromatic rings. The Morgan fingerprint density at radius 2 is 1.95 bits per heavy atom. The van der Waals surface area contributed by atoms with E-state index in [1.807, 2.05) is 18.2 Å². The van der Waals surface area contributed by atoms with Crippen molar-refractivity contribution in [2.75, 3.05) is 13.1 Å². The van der Waals surface area contributed by atoms with E-state index in [0.717, 1.165) is 17.1 Å². The fourth-order valence-electron chi connectivity index (χ4n) is 2.54. The van der Waals surface area contributed by atoms with E-state index in [4.69, 9.17) is 23.2 Å². The number of piperidine rings is 1. The summed E-state index contributed by atoms with van der Waals surface area (Å²) in [7, 11) is 0. The Balaban J connectivity index is 1.80. The second-order valence-electron chi connectivity index (χ2n) is 5.52. The van der Waals surface area contributed by atoms with Crippen LogP contribution in [0.5, 0.6) is 0 Å². The molecule has 19 heavy (non-hydrogen) atoms. The molecule has 0 saturated carbocycles. The molecule has 0 radical (unpaired) electrons. The molecule has 1 heterocycles. The quantitative estimate of drug-likeness (QED) is 0.905. The molecule has 1 aliphatic heterocycles. The zero-order valence-electron chi connectivity index (χ0n) is 11.6. The first-order valence-corrected chi connectivity index (χ1v) is 7.73. The van der Waals surface area contributed by atoms with Gasteiger partial charge in [-0.3, -0.25) is 0 Å². The van der Waals surface area contributed by atoms with Crippen LogP contribution in [-0.2, 0) is 6.54 Å². The fourth-order valence-corrected chi connectivity index (χ4v) is 3.01. The van der Waals surface area contributed by atoms with Gasteiger partial charge in [-0.2, -0.15) is 0 Å². The highest BCUT2D eigenvalue weighted by molar-refractivity contribution is 6.35. The number of nitrogens with zero attached hydrogens (tertiary/aromatic N) is 1. The third-order valence-electron chi connectivity index (χ3n) is 3.86. The van der Waals surface area contributed by atoms with Crippen LogP contribution in [0.15, 0.2) is 18.2 Å². The summed E-state index contributed by atoms with van der Waals surface area (Å²) in [5.41, 5.74) is 1.12. The predicted octanol–water partition coefficient (Wildman–Crippen LogP) is 3.96. The maximum atomic E-state index is 6.18. The largest absolute Gasteiger partial charge is 0.310 e. The Morgan fingerprint density at radius 1 is 1.26 bits per heavy atom. The molecule has 1 saturated heterocycles. The van der Waals surface area contributed by atoms with Crippen LogP contribution in [0.25, 0.3) is 0 Å². The molecular weight excluding hydrogens is 279 g/mol. The average Bonchev–Trinajstić information content (AvgIpc) is 2.38. The third-order valence-corrected chi connectivity index (χ3v) is 4.44. The fraction of sp³-hybridized carbons (Fsp3) is 0.600. The smallest absolute Gasteiger partial charge is 0.0465 e. The zero-order chi connectivity index (χ0) is 13.8. The van der Waals surface area contributed by atoms with Crippen molar-refractivity contribution in [2.45, 2.75) is 45.3 Å². The van der Waals surface area contributed by atoms with Gasteiger partial charge < -0.3 is 10.2 Å². The molecule has 0 atom stereocenters. The number of halogens is 2. The van der Waals surface area contributed by atoms with E-state index in [-0.39, 0.29) is 0 Å². The minimum atomic E-state index is 0.599. The number of hydrogen-bond donors (Lipinski definition) is 1. The van der Waals surface area contributed by atoms with Crippen LogP contribution in [0.4, 0.5) is 0 Å². The Morgan fingerprint density at radius 3 is 2.53 bits per heavy atom. The second-order valence-corrected chi connectivity index (χ2v) is 6.36. The summed E-state index contributed by atoms with van der Waals surface area (Å²) in [6.45, 7) is 7.72. The molecule has 0 amide bonds. The summed E-state index contributed by atoms with van der Waals surface area (Å²) < 4.78 is 0. The lowest BCUT2D eigenvalue weighted by atomic mass is 10.0. The van der Waals surface area contributed by atoms with Gasteiger partial charge in [-0.25, -0.2) is 0 Å². The first-order chi connectivity index (χ1) is 9.06. The normalized spacial score (nSPS) is 18.2. The Bertz CT molecular complexity index is 413. The third kappa shape index (κ3) is 4.35. The molecule has 4 heteroatoms. The van der Waals surface area contributed by atoms with E-state index < -0.39 is 0 Å². The number of benzene rings is 1. The molecule has 1 aromatic carbocycles. The van der Waals surface area contributed by atoms with Crippen molar-refractivity contribution in [2.24, 2.45) is 0 Å². The molecule has 0 aliphatic carbocycles. The Hall–Kier alpha value is -0.280. The van der Waals surface area contributed by atoms with Crippen molar-refractivity contribution in [1.29, 1.82) is 0 Å². The van der Waals surface area contributed by atoms with Crippen LogP contribution in [0, 0.1) is 0 Å². The second kappa shape index (κ2) is 6.94. The van der Waals surface area contributed by atoms with Gasteiger partial charge in [-0.05, 0) is 57.5 Å². The van der Waals surface area contributed by atoms with Crippen LogP contribution in [0.1, 0.15) is 32.3 Å². The van der Waals surface area contributed by atoms with Gasteiger partial charge in [0.15, 0.2) is 0 Å². The van der Waals surface area contributed by atoms with E-state index in [1.165, 1.54) is 25.9 Å². The van der Waals surface area contributed by atoms with Crippen LogP contribution < -0.4 is 5.32 Å². The average molecular weight is 301 g/mol. The molecule has 1 fully saturated rings. The highest BCUT2D eigenvalue weighted by atomic mass is 35.5. The molecular formula is C15H22Cl2N2. The summed E-state index contributed by atoms with van der Waals surface area (Å²) in [5.74, 6) is 0. The molecule has 0 spiro atoms. The highest BCUT2D eigenvalue weighted by Crippen LogP contribution is 2.21. The van der Waals surface area contributed by atoms with Crippen molar-refractivity contribution < 1.29 is 0 Å². The van der Waals surface area contributed by atoms with E-state index in [9.17, 15) is 0 Å². The molecule has 106 valence electrons. The highest BCUT2D eigenvalue weighted by Gasteiger charge is 2.20. The Labute approximate surface area is 126 Å². The lowest BCUT2D eigenvalue weighted by Gasteiger charge is -2.35. The molecule has 1 aliphatic rings. The zero-order valence-corrected chi connectivity index (χ0v) is 13.1. The first kappa shape index (κ1) is 15.1. The van der Waals surface area contributed by atoms with Crippen molar-refractivity contribution in [3.63, 3.8) is 0 Å². The topological polar surface area (TPSA) is 15.3 Å². The summed E-state index contributed by atoms with van der Waals surface area (Å²) in [6.07, 6.45) is 2.42. The lowest BCUT2D eigenvalue weighted by Crippen LogP contribution is -2.44. The van der Waals surface area contributed by atoms with Crippen LogP contribution in [-0.4, -0.2) is 30.1 Å². The first-order valence-electron chi connectivity index (χ1n) is 6.97. The Kier molecular flexibility index (Phi) is 5.52. The number of nitrogens with one attached hydrogen (secondary N) is 1. The standard InChI is InChI=1S/C15H22Cl2N2/c1-11(2)19-7-5-14(6-8-19)18-10-12-3-4-13(16)9-15(12)17/h3-4,9,11,14,18H,5-8,10H2,1-2H3. The molecule has 2 rings (SSSR count). The molecule has 0 aromatic heterocycles. The van der Waals surface area contributed by atoms with Crippen molar-refractivity contribution in [3.05, 3.63) is 33.8 Å². The van der Waals surface area contributed by atoms with Crippen LogP contribution in [0.3, 0.4) is 0 Å². The van der Waals surface area contributed by atoms with Crippen LogP contribution in [0.2, 0.25) is 10.0 Å². The van der Waals surface area contributed by atoms with E-state index in [0.29, 0.717) is 17.1 Å². The molecule has 1 N–H and O–H groups in total. The maximum Gasteiger partial charge on any atom is 0.0465 e. The summed E-state index contributed by atoms with van der Waals surface area (Å²) in [5, 5.41) is 5.05. The number of likely N-dealkylation sites (tertiary alicyclic amines) is 1. The summed E-state index contributed by atoms with van der Waals surface area (Å²) in [6, 6.07) is 6.96. The molecule has 2 nitrogen and oxygen atoms in total. The van der Waals surface area contributed by atoms with Gasteiger partial charge in [0.2, 0.25) is 0 Å². The van der Waals surface area contributed by atoms with Crippen molar-refractivity contribution in [1.82, 2.24) is 10.2 Å². The van der Waals surface area contributed by atoms with Crippen molar-refractivity contribution >= 4 is 23.2 Å².